The molecule has 0 spiro atoms. The smallest absolute Gasteiger partial charge is 0.252 e. The number of methoxy groups -OCH3 is 3. The molecule has 9 heteroatoms. The predicted octanol–water partition coefficient (Wildman–Crippen LogP) is 2.17. The largest absolute Gasteiger partial charge is 0.493 e. The summed E-state index contributed by atoms with van der Waals surface area (Å²) in [6.45, 7) is -0.0338. The summed E-state index contributed by atoms with van der Waals surface area (Å²) in [5.41, 5.74) is 1.01. The first kappa shape index (κ1) is 23.5. The summed E-state index contributed by atoms with van der Waals surface area (Å²) in [5.74, 6) is 0.628. The van der Waals surface area contributed by atoms with Crippen molar-refractivity contribution in [2.45, 2.75) is 10.9 Å². The van der Waals surface area contributed by atoms with Crippen LogP contribution in [0.1, 0.15) is 10.4 Å². The molecule has 30 heavy (non-hydrogen) atoms. The third-order valence-electron chi connectivity index (χ3n) is 4.08. The second-order valence-corrected chi connectivity index (χ2v) is 7.23. The highest BCUT2D eigenvalue weighted by Crippen LogP contribution is 2.30. The Hall–Kier alpha value is -2.75. The standard InChI is InChI=1S/C21H26N2O6S/c1-27-12-15(11-24)23-21(26)16-6-4-5-7-19(16)30-13-20(25)22-14-8-9-17(28-2)18(10-14)29-3/h4-10,15,24H,11-13H2,1-3H3,(H,22,25)(H,23,26)/t15-/m1/s1. The molecule has 1 atom stereocenters. The molecule has 0 bridgehead atoms. The lowest BCUT2D eigenvalue weighted by atomic mass is 10.2. The number of aliphatic hydroxyl groups excluding tert-OH is 1. The van der Waals surface area contributed by atoms with Crippen molar-refractivity contribution in [1.82, 2.24) is 5.32 Å². The zero-order valence-corrected chi connectivity index (χ0v) is 18.0. The lowest BCUT2D eigenvalue weighted by Crippen LogP contribution is -2.40. The number of carbonyl (C=O) groups excluding carboxylic acids is 2. The van der Waals surface area contributed by atoms with E-state index < -0.39 is 6.04 Å². The Balaban J connectivity index is 2.00. The summed E-state index contributed by atoms with van der Waals surface area (Å²) in [5, 5.41) is 14.9. The van der Waals surface area contributed by atoms with Crippen LogP contribution in [0.15, 0.2) is 47.4 Å². The molecule has 0 saturated heterocycles. The van der Waals surface area contributed by atoms with E-state index in [2.05, 4.69) is 10.6 Å². The van der Waals surface area contributed by atoms with Crippen LogP contribution >= 0.6 is 11.8 Å². The number of ether oxygens (including phenoxy) is 3. The Labute approximate surface area is 179 Å². The molecule has 3 N–H and O–H groups in total. The number of rotatable bonds is 11. The number of hydrogen-bond donors (Lipinski definition) is 3. The summed E-state index contributed by atoms with van der Waals surface area (Å²) in [7, 11) is 4.56. The number of carbonyl (C=O) groups is 2. The van der Waals surface area contributed by atoms with E-state index in [1.165, 1.54) is 26.0 Å². The highest BCUT2D eigenvalue weighted by Gasteiger charge is 2.17. The quantitative estimate of drug-likeness (QED) is 0.466. The summed E-state index contributed by atoms with van der Waals surface area (Å²) >= 11 is 1.25. The molecule has 0 fully saturated rings. The van der Waals surface area contributed by atoms with E-state index >= 15 is 0 Å². The van der Waals surface area contributed by atoms with Gasteiger partial charge in [0.1, 0.15) is 0 Å². The molecule has 0 unspecified atom stereocenters. The molecular formula is C21H26N2O6S. The SMILES string of the molecule is COC[C@@H](CO)NC(=O)c1ccccc1SCC(=O)Nc1ccc(OC)c(OC)c1. The van der Waals surface area contributed by atoms with Crippen LogP contribution in [0.2, 0.25) is 0 Å². The van der Waals surface area contributed by atoms with Crippen molar-refractivity contribution in [3.05, 3.63) is 48.0 Å². The van der Waals surface area contributed by atoms with Gasteiger partial charge in [0.2, 0.25) is 5.91 Å². The van der Waals surface area contributed by atoms with Crippen molar-refractivity contribution in [1.29, 1.82) is 0 Å². The maximum Gasteiger partial charge on any atom is 0.252 e. The van der Waals surface area contributed by atoms with Gasteiger partial charge in [-0.25, -0.2) is 0 Å². The highest BCUT2D eigenvalue weighted by molar-refractivity contribution is 8.00. The molecule has 0 aliphatic rings. The van der Waals surface area contributed by atoms with E-state index in [1.54, 1.807) is 49.6 Å². The van der Waals surface area contributed by atoms with Crippen LogP contribution in [0.25, 0.3) is 0 Å². The molecule has 0 aliphatic heterocycles. The lowest BCUT2D eigenvalue weighted by molar-refractivity contribution is -0.113. The molecule has 0 saturated carbocycles. The van der Waals surface area contributed by atoms with Crippen LogP contribution in [0, 0.1) is 0 Å². The molecule has 162 valence electrons. The average Bonchev–Trinajstić information content (AvgIpc) is 2.77. The third-order valence-corrected chi connectivity index (χ3v) is 5.15. The number of anilines is 1. The molecule has 2 amide bonds. The van der Waals surface area contributed by atoms with Gasteiger partial charge in [0, 0.05) is 23.8 Å². The maximum atomic E-state index is 12.6. The van der Waals surface area contributed by atoms with Crippen LogP contribution < -0.4 is 20.1 Å². The molecule has 8 nitrogen and oxygen atoms in total. The van der Waals surface area contributed by atoms with Gasteiger partial charge < -0.3 is 30.0 Å². The van der Waals surface area contributed by atoms with Crippen LogP contribution in [0.4, 0.5) is 5.69 Å². The molecular weight excluding hydrogens is 408 g/mol. The number of benzene rings is 2. The summed E-state index contributed by atoms with van der Waals surface area (Å²) in [6.07, 6.45) is 0. The Kier molecular flexibility index (Phi) is 9.46. The van der Waals surface area contributed by atoms with Crippen molar-refractivity contribution in [2.24, 2.45) is 0 Å². The fraction of sp³-hybridized carbons (Fsp3) is 0.333. The number of nitrogens with one attached hydrogen (secondary N) is 2. The van der Waals surface area contributed by atoms with Gasteiger partial charge in [0.15, 0.2) is 11.5 Å². The molecule has 2 rings (SSSR count). The van der Waals surface area contributed by atoms with Gasteiger partial charge in [-0.05, 0) is 24.3 Å². The van der Waals surface area contributed by atoms with Crippen molar-refractivity contribution >= 4 is 29.3 Å². The molecule has 0 heterocycles. The van der Waals surface area contributed by atoms with Gasteiger partial charge in [-0.1, -0.05) is 12.1 Å². The van der Waals surface area contributed by atoms with Gasteiger partial charge in [0.25, 0.3) is 5.91 Å². The summed E-state index contributed by atoms with van der Waals surface area (Å²) < 4.78 is 15.4. The first-order valence-electron chi connectivity index (χ1n) is 9.16. The highest BCUT2D eigenvalue weighted by atomic mass is 32.2. The topological polar surface area (TPSA) is 106 Å². The van der Waals surface area contributed by atoms with Gasteiger partial charge in [-0.2, -0.15) is 0 Å². The van der Waals surface area contributed by atoms with Crippen LogP contribution in [-0.2, 0) is 9.53 Å². The lowest BCUT2D eigenvalue weighted by Gasteiger charge is -2.16. The first-order chi connectivity index (χ1) is 14.5. The van der Waals surface area contributed by atoms with E-state index in [4.69, 9.17) is 14.2 Å². The van der Waals surface area contributed by atoms with Gasteiger partial charge >= 0.3 is 0 Å². The minimum atomic E-state index is -0.506. The minimum Gasteiger partial charge on any atom is -0.493 e. The number of thioether (sulfide) groups is 1. The monoisotopic (exact) mass is 434 g/mol. The molecule has 0 aliphatic carbocycles. The van der Waals surface area contributed by atoms with Crippen molar-refractivity contribution in [3.8, 4) is 11.5 Å². The van der Waals surface area contributed by atoms with Crippen LogP contribution in [-0.4, -0.2) is 63.3 Å². The fourth-order valence-corrected chi connectivity index (χ4v) is 3.49. The normalized spacial score (nSPS) is 11.5. The zero-order chi connectivity index (χ0) is 21.9. The first-order valence-corrected chi connectivity index (χ1v) is 10.1. The second-order valence-electron chi connectivity index (χ2n) is 6.21. The number of amides is 2. The number of hydrogen-bond acceptors (Lipinski definition) is 7. The Bertz CT molecular complexity index is 861. The van der Waals surface area contributed by atoms with E-state index in [9.17, 15) is 14.7 Å². The minimum absolute atomic E-state index is 0.111. The van der Waals surface area contributed by atoms with E-state index in [0.717, 1.165) is 0 Å². The molecule has 0 aromatic heterocycles. The summed E-state index contributed by atoms with van der Waals surface area (Å²) in [6, 6.07) is 11.6. The predicted molar refractivity (Wildman–Crippen MR) is 116 cm³/mol. The molecule has 0 radical (unpaired) electrons. The summed E-state index contributed by atoms with van der Waals surface area (Å²) in [4.78, 5) is 25.6. The Morgan fingerprint density at radius 3 is 2.47 bits per heavy atom. The average molecular weight is 435 g/mol. The van der Waals surface area contributed by atoms with E-state index in [-0.39, 0.29) is 30.8 Å². The Morgan fingerprint density at radius 2 is 1.80 bits per heavy atom. The van der Waals surface area contributed by atoms with E-state index in [0.29, 0.717) is 27.6 Å². The zero-order valence-electron chi connectivity index (χ0n) is 17.1. The Morgan fingerprint density at radius 1 is 1.07 bits per heavy atom. The van der Waals surface area contributed by atoms with Crippen LogP contribution in [0.5, 0.6) is 11.5 Å². The number of aliphatic hydroxyl groups is 1. The van der Waals surface area contributed by atoms with Gasteiger partial charge in [0.05, 0.1) is 44.8 Å². The third kappa shape index (κ3) is 6.65. The van der Waals surface area contributed by atoms with Gasteiger partial charge in [-0.3, -0.25) is 9.59 Å². The molecule has 2 aromatic carbocycles. The van der Waals surface area contributed by atoms with Crippen molar-refractivity contribution in [3.63, 3.8) is 0 Å². The maximum absolute atomic E-state index is 12.6. The molecule has 2 aromatic rings. The fourth-order valence-electron chi connectivity index (χ4n) is 2.64. The van der Waals surface area contributed by atoms with Crippen LogP contribution in [0.3, 0.4) is 0 Å². The second kappa shape index (κ2) is 12.1. The van der Waals surface area contributed by atoms with Gasteiger partial charge in [-0.15, -0.1) is 11.8 Å². The van der Waals surface area contributed by atoms with Crippen molar-refractivity contribution < 1.29 is 28.9 Å². The van der Waals surface area contributed by atoms with E-state index in [1.807, 2.05) is 0 Å². The van der Waals surface area contributed by atoms with Crippen molar-refractivity contribution in [2.75, 3.05) is 45.6 Å².